The fraction of sp³-hybridized carbons (Fsp3) is 0.241. The minimum atomic E-state index is 0.280. The van der Waals surface area contributed by atoms with Gasteiger partial charge in [0.2, 0.25) is 0 Å². The SMILES string of the molecule is COc1ccc2c(c1)-c1c(c(C)n(-c3ccc(O)cc3)c1-c1ccccc1C(C)C)CC2. The van der Waals surface area contributed by atoms with Crippen LogP contribution in [-0.2, 0) is 12.8 Å². The third kappa shape index (κ3) is 3.20. The van der Waals surface area contributed by atoms with E-state index < -0.39 is 0 Å². The van der Waals surface area contributed by atoms with Gasteiger partial charge in [0, 0.05) is 22.5 Å². The summed E-state index contributed by atoms with van der Waals surface area (Å²) in [6.07, 6.45) is 2.04. The zero-order chi connectivity index (χ0) is 22.4. The maximum absolute atomic E-state index is 9.90. The van der Waals surface area contributed by atoms with Crippen molar-refractivity contribution >= 4 is 0 Å². The number of ether oxygens (including phenoxy) is 1. The summed E-state index contributed by atoms with van der Waals surface area (Å²) in [6.45, 7) is 6.73. The van der Waals surface area contributed by atoms with E-state index in [1.807, 2.05) is 12.1 Å². The molecule has 0 bridgehead atoms. The smallest absolute Gasteiger partial charge is 0.119 e. The van der Waals surface area contributed by atoms with Gasteiger partial charge in [-0.05, 0) is 84.3 Å². The van der Waals surface area contributed by atoms with Crippen LogP contribution in [0.3, 0.4) is 0 Å². The second-order valence-corrected chi connectivity index (χ2v) is 8.90. The lowest BCUT2D eigenvalue weighted by Gasteiger charge is -2.21. The molecule has 4 aromatic rings. The Balaban J connectivity index is 1.90. The molecular formula is C29H29NO2. The van der Waals surface area contributed by atoms with Gasteiger partial charge in [-0.25, -0.2) is 0 Å². The van der Waals surface area contributed by atoms with Crippen LogP contribution in [-0.4, -0.2) is 16.8 Å². The number of phenols is 1. The summed E-state index contributed by atoms with van der Waals surface area (Å²) in [5.74, 6) is 1.57. The summed E-state index contributed by atoms with van der Waals surface area (Å²) in [4.78, 5) is 0. The zero-order valence-electron chi connectivity index (χ0n) is 19.1. The predicted octanol–water partition coefficient (Wildman–Crippen LogP) is 7.06. The molecule has 1 heterocycles. The molecule has 1 aliphatic rings. The highest BCUT2D eigenvalue weighted by molar-refractivity contribution is 5.91. The largest absolute Gasteiger partial charge is 0.508 e. The van der Waals surface area contributed by atoms with Crippen molar-refractivity contribution in [2.24, 2.45) is 0 Å². The van der Waals surface area contributed by atoms with Crippen LogP contribution < -0.4 is 4.74 Å². The first-order valence-electron chi connectivity index (χ1n) is 11.3. The van der Waals surface area contributed by atoms with E-state index in [1.165, 1.54) is 44.8 Å². The van der Waals surface area contributed by atoms with E-state index in [-0.39, 0.29) is 5.75 Å². The molecule has 3 aromatic carbocycles. The van der Waals surface area contributed by atoms with E-state index in [9.17, 15) is 5.11 Å². The second kappa shape index (κ2) is 7.90. The first kappa shape index (κ1) is 20.4. The van der Waals surface area contributed by atoms with Gasteiger partial charge in [0.15, 0.2) is 0 Å². The van der Waals surface area contributed by atoms with Crippen LogP contribution in [0, 0.1) is 6.92 Å². The topological polar surface area (TPSA) is 34.4 Å². The Morgan fingerprint density at radius 2 is 1.66 bits per heavy atom. The number of nitrogens with zero attached hydrogens (tertiary/aromatic N) is 1. The maximum Gasteiger partial charge on any atom is 0.119 e. The van der Waals surface area contributed by atoms with Crippen LogP contribution >= 0.6 is 0 Å². The molecule has 0 radical (unpaired) electrons. The lowest BCUT2D eigenvalue weighted by molar-refractivity contribution is 0.415. The van der Waals surface area contributed by atoms with E-state index in [4.69, 9.17) is 4.74 Å². The average Bonchev–Trinajstić information content (AvgIpc) is 3.11. The summed E-state index contributed by atoms with van der Waals surface area (Å²) in [5, 5.41) is 9.90. The molecule has 0 spiro atoms. The normalized spacial score (nSPS) is 12.5. The standard InChI is InChI=1S/C29H29NO2/c1-18(2)24-7-5-6-8-26(24)29-28-25(16-10-20-9-15-23(32-4)17-27(20)28)19(3)30(29)21-11-13-22(31)14-12-21/h5-9,11-15,17-18,31H,10,16H2,1-4H3. The minimum Gasteiger partial charge on any atom is -0.508 e. The van der Waals surface area contributed by atoms with E-state index in [0.717, 1.165) is 24.3 Å². The van der Waals surface area contributed by atoms with Gasteiger partial charge < -0.3 is 14.4 Å². The van der Waals surface area contributed by atoms with Crippen molar-refractivity contribution in [3.63, 3.8) is 0 Å². The number of hydrogen-bond donors (Lipinski definition) is 1. The van der Waals surface area contributed by atoms with Gasteiger partial charge in [0.25, 0.3) is 0 Å². The van der Waals surface area contributed by atoms with E-state index in [1.54, 1.807) is 19.2 Å². The number of phenolic OH excluding ortho intramolecular Hbond substituents is 1. The Labute approximate surface area is 189 Å². The maximum atomic E-state index is 9.90. The highest BCUT2D eigenvalue weighted by atomic mass is 16.5. The molecule has 32 heavy (non-hydrogen) atoms. The summed E-state index contributed by atoms with van der Waals surface area (Å²) in [5.41, 5.74) is 11.5. The molecule has 1 aromatic heterocycles. The van der Waals surface area contributed by atoms with Crippen LogP contribution in [0.25, 0.3) is 28.1 Å². The number of hydrogen-bond acceptors (Lipinski definition) is 2. The quantitative estimate of drug-likeness (QED) is 0.381. The molecule has 3 heteroatoms. The molecule has 162 valence electrons. The van der Waals surface area contributed by atoms with Crippen molar-refractivity contribution < 1.29 is 9.84 Å². The molecule has 0 saturated heterocycles. The van der Waals surface area contributed by atoms with Gasteiger partial charge >= 0.3 is 0 Å². The van der Waals surface area contributed by atoms with E-state index in [2.05, 4.69) is 67.8 Å². The van der Waals surface area contributed by atoms with Gasteiger partial charge in [-0.3, -0.25) is 0 Å². The number of aromatic nitrogens is 1. The fourth-order valence-electron chi connectivity index (χ4n) is 5.12. The lowest BCUT2D eigenvalue weighted by Crippen LogP contribution is -2.04. The van der Waals surface area contributed by atoms with Gasteiger partial charge in [-0.1, -0.05) is 44.2 Å². The molecule has 0 aliphatic heterocycles. The Kier molecular flexibility index (Phi) is 5.05. The van der Waals surface area contributed by atoms with Crippen molar-refractivity contribution in [2.45, 2.75) is 39.5 Å². The highest BCUT2D eigenvalue weighted by Crippen LogP contribution is 2.47. The summed E-state index contributed by atoms with van der Waals surface area (Å²) in [6, 6.07) is 22.7. The summed E-state index contributed by atoms with van der Waals surface area (Å²) < 4.78 is 7.98. The number of methoxy groups -OCH3 is 1. The molecule has 3 nitrogen and oxygen atoms in total. The van der Waals surface area contributed by atoms with Gasteiger partial charge in [0.05, 0.1) is 12.8 Å². The monoisotopic (exact) mass is 423 g/mol. The Morgan fingerprint density at radius 3 is 2.38 bits per heavy atom. The Morgan fingerprint density at radius 1 is 0.906 bits per heavy atom. The van der Waals surface area contributed by atoms with E-state index in [0.29, 0.717) is 5.92 Å². The first-order chi connectivity index (χ1) is 15.5. The van der Waals surface area contributed by atoms with Gasteiger partial charge in [-0.2, -0.15) is 0 Å². The number of aryl methyl sites for hydroxylation is 1. The minimum absolute atomic E-state index is 0.280. The highest BCUT2D eigenvalue weighted by Gasteiger charge is 2.29. The number of fused-ring (bicyclic) bond motifs is 3. The van der Waals surface area contributed by atoms with Crippen molar-refractivity contribution in [2.75, 3.05) is 7.11 Å². The van der Waals surface area contributed by atoms with Crippen molar-refractivity contribution in [3.05, 3.63) is 89.1 Å². The number of benzene rings is 3. The van der Waals surface area contributed by atoms with Crippen LogP contribution in [0.15, 0.2) is 66.7 Å². The van der Waals surface area contributed by atoms with Crippen LogP contribution in [0.1, 0.15) is 42.1 Å². The van der Waals surface area contributed by atoms with E-state index >= 15 is 0 Å². The second-order valence-electron chi connectivity index (χ2n) is 8.90. The Hall–Kier alpha value is -3.46. The molecule has 5 rings (SSSR count). The third-order valence-electron chi connectivity index (χ3n) is 6.71. The van der Waals surface area contributed by atoms with Crippen molar-refractivity contribution in [3.8, 4) is 39.6 Å². The number of rotatable bonds is 4. The molecule has 0 fully saturated rings. The lowest BCUT2D eigenvalue weighted by atomic mass is 9.83. The summed E-state index contributed by atoms with van der Waals surface area (Å²) in [7, 11) is 1.73. The molecule has 1 N–H and O–H groups in total. The molecule has 1 aliphatic carbocycles. The fourth-order valence-corrected chi connectivity index (χ4v) is 5.12. The zero-order valence-corrected chi connectivity index (χ0v) is 19.1. The van der Waals surface area contributed by atoms with Crippen molar-refractivity contribution in [1.29, 1.82) is 0 Å². The molecule has 0 amide bonds. The first-order valence-corrected chi connectivity index (χ1v) is 11.3. The van der Waals surface area contributed by atoms with Crippen LogP contribution in [0.2, 0.25) is 0 Å². The Bertz CT molecular complexity index is 1300. The molecular weight excluding hydrogens is 394 g/mol. The van der Waals surface area contributed by atoms with Crippen molar-refractivity contribution in [1.82, 2.24) is 4.57 Å². The average molecular weight is 424 g/mol. The van der Waals surface area contributed by atoms with Gasteiger partial charge in [0.1, 0.15) is 11.5 Å². The third-order valence-corrected chi connectivity index (χ3v) is 6.71. The van der Waals surface area contributed by atoms with Crippen LogP contribution in [0.4, 0.5) is 0 Å². The molecule has 0 saturated carbocycles. The predicted molar refractivity (Wildman–Crippen MR) is 131 cm³/mol. The van der Waals surface area contributed by atoms with Gasteiger partial charge in [-0.15, -0.1) is 0 Å². The van der Waals surface area contributed by atoms with Crippen LogP contribution in [0.5, 0.6) is 11.5 Å². The molecule has 0 unspecified atom stereocenters. The number of aromatic hydroxyl groups is 1. The summed E-state index contributed by atoms with van der Waals surface area (Å²) >= 11 is 0. The molecule has 0 atom stereocenters.